The molecule has 0 saturated carbocycles. The Kier molecular flexibility index (Phi) is 5.95. The fourth-order valence-electron chi connectivity index (χ4n) is 2.44. The van der Waals surface area contributed by atoms with E-state index in [4.69, 9.17) is 17.3 Å². The van der Waals surface area contributed by atoms with Gasteiger partial charge in [-0.1, -0.05) is 29.8 Å². The molecule has 0 fully saturated rings. The van der Waals surface area contributed by atoms with Crippen LogP contribution in [-0.4, -0.2) is 17.9 Å². The first-order valence-corrected chi connectivity index (χ1v) is 8.06. The van der Waals surface area contributed by atoms with Gasteiger partial charge in [0, 0.05) is 21.8 Å². The molecular formula is C18H21ClN3O2+. The lowest BCUT2D eigenvalue weighted by molar-refractivity contribution is -0.709. The summed E-state index contributed by atoms with van der Waals surface area (Å²) in [6, 6.07) is 13.8. The zero-order valence-corrected chi connectivity index (χ0v) is 14.4. The maximum Gasteiger partial charge on any atom is 0.282 e. The van der Waals surface area contributed by atoms with Gasteiger partial charge in [0.25, 0.3) is 5.91 Å². The van der Waals surface area contributed by atoms with E-state index in [1.807, 2.05) is 43.4 Å². The van der Waals surface area contributed by atoms with Gasteiger partial charge in [0.15, 0.2) is 6.04 Å². The molecule has 2 atom stereocenters. The van der Waals surface area contributed by atoms with Crippen molar-refractivity contribution in [1.29, 1.82) is 0 Å². The number of halogens is 1. The molecule has 0 saturated heterocycles. The normalized spacial score (nSPS) is 13.1. The summed E-state index contributed by atoms with van der Waals surface area (Å²) in [4.78, 5) is 23.4. The molecule has 0 aliphatic heterocycles. The van der Waals surface area contributed by atoms with Crippen LogP contribution in [0.2, 0.25) is 5.02 Å². The van der Waals surface area contributed by atoms with Crippen molar-refractivity contribution in [2.75, 3.05) is 5.32 Å². The first-order valence-electron chi connectivity index (χ1n) is 7.68. The summed E-state index contributed by atoms with van der Waals surface area (Å²) in [6.07, 6.45) is 0. The monoisotopic (exact) mass is 346 g/mol. The van der Waals surface area contributed by atoms with Crippen LogP contribution >= 0.6 is 11.6 Å². The number of nitrogens with one attached hydrogen (secondary N) is 1. The van der Waals surface area contributed by atoms with Crippen molar-refractivity contribution >= 4 is 29.1 Å². The first kappa shape index (κ1) is 18.0. The van der Waals surface area contributed by atoms with Gasteiger partial charge in [0.2, 0.25) is 5.91 Å². The van der Waals surface area contributed by atoms with Gasteiger partial charge in [-0.25, -0.2) is 0 Å². The lowest BCUT2D eigenvalue weighted by Gasteiger charge is -2.17. The van der Waals surface area contributed by atoms with Crippen molar-refractivity contribution in [3.8, 4) is 0 Å². The van der Waals surface area contributed by atoms with E-state index in [1.54, 1.807) is 24.3 Å². The highest BCUT2D eigenvalue weighted by Crippen LogP contribution is 2.19. The average Bonchev–Trinajstić information content (AvgIpc) is 2.55. The highest BCUT2D eigenvalue weighted by atomic mass is 35.5. The van der Waals surface area contributed by atoms with Crippen molar-refractivity contribution in [2.45, 2.75) is 25.9 Å². The molecule has 6 heteroatoms. The second-order valence-corrected chi connectivity index (χ2v) is 6.13. The Morgan fingerprint density at radius 1 is 1.08 bits per heavy atom. The molecule has 2 aromatic carbocycles. The van der Waals surface area contributed by atoms with Crippen LogP contribution in [0.1, 0.15) is 35.8 Å². The van der Waals surface area contributed by atoms with Crippen molar-refractivity contribution < 1.29 is 14.9 Å². The highest BCUT2D eigenvalue weighted by molar-refractivity contribution is 6.31. The van der Waals surface area contributed by atoms with E-state index in [9.17, 15) is 9.59 Å². The number of hydrogen-bond acceptors (Lipinski definition) is 2. The summed E-state index contributed by atoms with van der Waals surface area (Å²) in [5.74, 6) is -0.621. The van der Waals surface area contributed by atoms with Gasteiger partial charge < -0.3 is 16.4 Å². The van der Waals surface area contributed by atoms with Crippen molar-refractivity contribution in [3.63, 3.8) is 0 Å². The van der Waals surface area contributed by atoms with Crippen LogP contribution < -0.4 is 16.4 Å². The Bertz CT molecular complexity index is 731. The molecule has 0 aliphatic rings. The molecule has 2 aromatic rings. The van der Waals surface area contributed by atoms with E-state index in [1.165, 1.54) is 0 Å². The number of amides is 2. The van der Waals surface area contributed by atoms with Crippen LogP contribution in [0, 0.1) is 0 Å². The van der Waals surface area contributed by atoms with Crippen LogP contribution in [0.3, 0.4) is 0 Å². The van der Waals surface area contributed by atoms with E-state index < -0.39 is 5.91 Å². The Labute approximate surface area is 146 Å². The number of anilines is 1. The minimum atomic E-state index is -0.497. The molecule has 0 spiro atoms. The van der Waals surface area contributed by atoms with Crippen molar-refractivity contribution in [2.24, 2.45) is 5.73 Å². The largest absolute Gasteiger partial charge is 0.366 e. The van der Waals surface area contributed by atoms with Crippen molar-refractivity contribution in [3.05, 3.63) is 64.7 Å². The van der Waals surface area contributed by atoms with Gasteiger partial charge in [0.1, 0.15) is 6.04 Å². The SMILES string of the molecule is C[C@H]([NH2+][C@H](C)c1ccccc1Cl)C(=O)Nc1ccc(C(N)=O)cc1. The number of carbonyl (C=O) groups excluding carboxylic acids is 2. The first-order chi connectivity index (χ1) is 11.4. The predicted molar refractivity (Wildman–Crippen MR) is 94.8 cm³/mol. The van der Waals surface area contributed by atoms with E-state index in [0.29, 0.717) is 16.3 Å². The molecule has 2 rings (SSSR count). The molecule has 24 heavy (non-hydrogen) atoms. The number of quaternary nitrogens is 1. The summed E-state index contributed by atoms with van der Waals surface area (Å²) in [7, 11) is 0. The van der Waals surface area contributed by atoms with Crippen LogP contribution in [0.15, 0.2) is 48.5 Å². The molecule has 0 heterocycles. The van der Waals surface area contributed by atoms with Crippen LogP contribution in [0.5, 0.6) is 0 Å². The van der Waals surface area contributed by atoms with Gasteiger partial charge in [0.05, 0.1) is 0 Å². The lowest BCUT2D eigenvalue weighted by Crippen LogP contribution is -2.91. The number of carbonyl (C=O) groups is 2. The predicted octanol–water partition coefficient (Wildman–Crippen LogP) is 2.09. The third kappa shape index (κ3) is 4.57. The summed E-state index contributed by atoms with van der Waals surface area (Å²) in [5, 5.41) is 5.47. The summed E-state index contributed by atoms with van der Waals surface area (Å²) in [5.41, 5.74) is 7.21. The Hall–Kier alpha value is -2.37. The van der Waals surface area contributed by atoms with E-state index in [0.717, 1.165) is 5.56 Å². The number of rotatable bonds is 6. The Morgan fingerprint density at radius 2 is 1.71 bits per heavy atom. The molecule has 5 nitrogen and oxygen atoms in total. The molecule has 0 unspecified atom stereocenters. The summed E-state index contributed by atoms with van der Waals surface area (Å²) in [6.45, 7) is 3.84. The number of hydrogen-bond donors (Lipinski definition) is 3. The molecule has 0 radical (unpaired) electrons. The molecule has 0 aromatic heterocycles. The maximum atomic E-state index is 12.3. The van der Waals surface area contributed by atoms with Crippen LogP contribution in [-0.2, 0) is 4.79 Å². The Morgan fingerprint density at radius 3 is 2.29 bits per heavy atom. The molecule has 5 N–H and O–H groups in total. The van der Waals surface area contributed by atoms with Gasteiger partial charge in [-0.15, -0.1) is 0 Å². The summed E-state index contributed by atoms with van der Waals surface area (Å²) >= 11 is 6.19. The second kappa shape index (κ2) is 7.95. The zero-order valence-electron chi connectivity index (χ0n) is 13.6. The number of primary amides is 1. The fourth-order valence-corrected chi connectivity index (χ4v) is 2.75. The smallest absolute Gasteiger partial charge is 0.282 e. The van der Waals surface area contributed by atoms with Gasteiger partial charge in [-0.2, -0.15) is 0 Å². The van der Waals surface area contributed by atoms with E-state index in [2.05, 4.69) is 5.32 Å². The minimum Gasteiger partial charge on any atom is -0.366 e. The lowest BCUT2D eigenvalue weighted by atomic mass is 10.1. The molecule has 0 bridgehead atoms. The maximum absolute atomic E-state index is 12.3. The van der Waals surface area contributed by atoms with Crippen LogP contribution in [0.4, 0.5) is 5.69 Å². The molecule has 0 aliphatic carbocycles. The third-order valence-electron chi connectivity index (χ3n) is 3.82. The highest BCUT2D eigenvalue weighted by Gasteiger charge is 2.21. The average molecular weight is 347 g/mol. The van der Waals surface area contributed by atoms with Crippen molar-refractivity contribution in [1.82, 2.24) is 0 Å². The quantitative estimate of drug-likeness (QED) is 0.747. The zero-order chi connectivity index (χ0) is 17.7. The molecule has 2 amide bonds. The number of benzene rings is 2. The Balaban J connectivity index is 1.97. The van der Waals surface area contributed by atoms with E-state index in [-0.39, 0.29) is 18.0 Å². The fraction of sp³-hybridized carbons (Fsp3) is 0.222. The minimum absolute atomic E-state index is 0.0525. The molecule has 126 valence electrons. The standard InChI is InChI=1S/C18H20ClN3O2/c1-11(15-5-3-4-6-16(15)19)21-12(2)18(24)22-14-9-7-13(8-10-14)17(20)23/h3-12,21H,1-2H3,(H2,20,23)(H,22,24)/p+1/t11-,12+/m1/s1. The summed E-state index contributed by atoms with van der Waals surface area (Å²) < 4.78 is 0. The second-order valence-electron chi connectivity index (χ2n) is 5.72. The third-order valence-corrected chi connectivity index (χ3v) is 4.17. The van der Waals surface area contributed by atoms with Gasteiger partial charge in [-0.3, -0.25) is 9.59 Å². The molecular weight excluding hydrogens is 326 g/mol. The topological polar surface area (TPSA) is 88.8 Å². The van der Waals surface area contributed by atoms with Gasteiger partial charge in [-0.05, 0) is 44.2 Å². The van der Waals surface area contributed by atoms with Gasteiger partial charge >= 0.3 is 0 Å². The van der Waals surface area contributed by atoms with Crippen LogP contribution in [0.25, 0.3) is 0 Å². The van der Waals surface area contributed by atoms with E-state index >= 15 is 0 Å². The number of nitrogens with two attached hydrogens (primary N) is 2.